The summed E-state index contributed by atoms with van der Waals surface area (Å²) in [5.41, 5.74) is -4.10. The van der Waals surface area contributed by atoms with Crippen LogP contribution in [0.3, 0.4) is 0 Å². The van der Waals surface area contributed by atoms with E-state index in [0.717, 1.165) is 141 Å². The molecule has 3 aliphatic rings. The Balaban J connectivity index is -0.000000538. The van der Waals surface area contributed by atoms with E-state index in [1.165, 1.54) is 44.9 Å². The minimum absolute atomic E-state index is 0.0197. The first-order valence-corrected chi connectivity index (χ1v) is 40.1. The zero-order valence-electron chi connectivity index (χ0n) is 72.7. The van der Waals surface area contributed by atoms with Gasteiger partial charge in [0.25, 0.3) is 0 Å². The highest BCUT2D eigenvalue weighted by molar-refractivity contribution is 5.79. The third-order valence-electron chi connectivity index (χ3n) is 23.3. The molecule has 3 rings (SSSR count). The zero-order chi connectivity index (χ0) is 79.5. The van der Waals surface area contributed by atoms with Crippen LogP contribution in [0.4, 0.5) is 0 Å². The second-order valence-electron chi connectivity index (χ2n) is 35.8. The Morgan fingerprint density at radius 1 is 0.270 bits per heavy atom. The van der Waals surface area contributed by atoms with E-state index in [1.807, 2.05) is 187 Å². The second kappa shape index (κ2) is 44.9. The fourth-order valence-electron chi connectivity index (χ4n) is 9.80. The molecule has 0 bridgehead atoms. The van der Waals surface area contributed by atoms with Crippen molar-refractivity contribution in [2.45, 2.75) is 475 Å². The van der Waals surface area contributed by atoms with Crippen LogP contribution in [0.25, 0.3) is 0 Å². The lowest BCUT2D eigenvalue weighted by molar-refractivity contribution is -0.173. The maximum atomic E-state index is 12.0. The minimum atomic E-state index is -0.356. The summed E-state index contributed by atoms with van der Waals surface area (Å²) in [5, 5.41) is 0. The summed E-state index contributed by atoms with van der Waals surface area (Å²) in [4.78, 5) is 83.0. The molecule has 594 valence electrons. The molecule has 0 aliphatic heterocycles. The molecule has 14 nitrogen and oxygen atoms in total. The number of rotatable bonds is 30. The number of esters is 7. The second-order valence-corrected chi connectivity index (χ2v) is 35.8. The maximum Gasteiger partial charge on any atom is 0.312 e. The normalized spacial score (nSPS) is 16.2. The molecule has 3 aliphatic carbocycles. The molecule has 0 unspecified atom stereocenters. The summed E-state index contributed by atoms with van der Waals surface area (Å²) < 4.78 is 39.2. The molecule has 0 heterocycles. The van der Waals surface area contributed by atoms with Crippen LogP contribution >= 0.6 is 0 Å². The Morgan fingerprint density at radius 3 is 0.780 bits per heavy atom. The summed E-state index contributed by atoms with van der Waals surface area (Å²) in [6, 6.07) is 0. The molecule has 3 fully saturated rings. The van der Waals surface area contributed by atoms with Crippen molar-refractivity contribution >= 4 is 41.8 Å². The molecule has 0 aromatic rings. The van der Waals surface area contributed by atoms with Gasteiger partial charge >= 0.3 is 41.8 Å². The summed E-state index contributed by atoms with van der Waals surface area (Å²) in [6.07, 6.45) is 28.6. The van der Waals surface area contributed by atoms with E-state index in [2.05, 4.69) is 62.3 Å². The molecule has 0 saturated heterocycles. The van der Waals surface area contributed by atoms with Gasteiger partial charge in [0, 0.05) is 0 Å². The molecule has 14 heteroatoms. The SMILES string of the molecule is CCC(C)(C)C(=O)OC1(C)CCCC1.CCC(C)(C)C(=O)OC1(C)CCCCC1.CCC(C)(C)OC(=O)C(C)(C)CC.CCC(C)(CC)OC(=O)C(C)(C)CC.CCC(CC)(CC)OC(=O)C(C)(C)CC.CCC1(OC(=O)C(C)(C)CC)CCCC1.CCCC(C)(C)OC(=O)C(C)(C)CC. The first-order chi connectivity index (χ1) is 45.4. The van der Waals surface area contributed by atoms with E-state index in [9.17, 15) is 33.6 Å². The van der Waals surface area contributed by atoms with Gasteiger partial charge < -0.3 is 33.2 Å². The summed E-state index contributed by atoms with van der Waals surface area (Å²) in [5.74, 6) is -0.408. The summed E-state index contributed by atoms with van der Waals surface area (Å²) in [6.45, 7) is 71.9. The predicted molar refractivity (Wildman–Crippen MR) is 417 cm³/mol. The topological polar surface area (TPSA) is 184 Å². The Hall–Kier alpha value is -3.71. The number of carbonyl (C=O) groups excluding carboxylic acids is 7. The predicted octanol–water partition coefficient (Wildman–Crippen LogP) is 24.9. The van der Waals surface area contributed by atoms with Crippen LogP contribution in [-0.4, -0.2) is 81.0 Å². The van der Waals surface area contributed by atoms with Crippen LogP contribution in [0.15, 0.2) is 0 Å². The molecule has 0 atom stereocenters. The van der Waals surface area contributed by atoms with Crippen LogP contribution in [0, 0.1) is 37.9 Å². The van der Waals surface area contributed by atoms with Gasteiger partial charge in [-0.3, -0.25) is 33.6 Å². The van der Waals surface area contributed by atoms with Gasteiger partial charge in [-0.05, 0) is 319 Å². The zero-order valence-corrected chi connectivity index (χ0v) is 72.7. The quantitative estimate of drug-likeness (QED) is 0.0489. The lowest BCUT2D eigenvalue weighted by Crippen LogP contribution is -2.38. The van der Waals surface area contributed by atoms with E-state index in [4.69, 9.17) is 33.2 Å². The third kappa shape index (κ3) is 37.8. The number of hydrogen-bond acceptors (Lipinski definition) is 14. The first-order valence-electron chi connectivity index (χ1n) is 40.1. The van der Waals surface area contributed by atoms with Crippen molar-refractivity contribution in [3.63, 3.8) is 0 Å². The van der Waals surface area contributed by atoms with E-state index < -0.39 is 0 Å². The Bertz CT molecular complexity index is 2260. The molecule has 0 aromatic heterocycles. The van der Waals surface area contributed by atoms with Gasteiger partial charge in [0.15, 0.2) is 0 Å². The molecule has 3 saturated carbocycles. The van der Waals surface area contributed by atoms with Crippen molar-refractivity contribution in [2.24, 2.45) is 37.9 Å². The van der Waals surface area contributed by atoms with Crippen LogP contribution < -0.4 is 0 Å². The van der Waals surface area contributed by atoms with Crippen molar-refractivity contribution in [3.8, 4) is 0 Å². The van der Waals surface area contributed by atoms with Gasteiger partial charge in [0.05, 0.1) is 37.9 Å². The van der Waals surface area contributed by atoms with Gasteiger partial charge in [-0.1, -0.05) is 117 Å². The third-order valence-corrected chi connectivity index (χ3v) is 23.3. The average Bonchev–Trinajstić information content (AvgIpc) is 1.50. The Morgan fingerprint density at radius 2 is 0.520 bits per heavy atom. The maximum absolute atomic E-state index is 12.0. The minimum Gasteiger partial charge on any atom is -0.459 e. The molecule has 0 N–H and O–H groups in total. The average molecular weight is 1420 g/mol. The first kappa shape index (κ1) is 103. The lowest BCUT2D eigenvalue weighted by atomic mass is 9.85. The molecule has 0 spiro atoms. The van der Waals surface area contributed by atoms with Crippen molar-refractivity contribution < 1.29 is 66.7 Å². The van der Waals surface area contributed by atoms with Crippen LogP contribution in [0.2, 0.25) is 0 Å². The number of ether oxygens (including phenoxy) is 7. The van der Waals surface area contributed by atoms with Crippen molar-refractivity contribution in [2.75, 3.05) is 0 Å². The van der Waals surface area contributed by atoms with Crippen molar-refractivity contribution in [1.29, 1.82) is 0 Å². The highest BCUT2D eigenvalue weighted by Gasteiger charge is 2.42. The van der Waals surface area contributed by atoms with E-state index in [-0.39, 0.29) is 119 Å². The Kier molecular flexibility index (Phi) is 46.1. The molecule has 100 heavy (non-hydrogen) atoms. The molecular formula is C86H166O14. The highest BCUT2D eigenvalue weighted by atomic mass is 16.6. The van der Waals surface area contributed by atoms with Crippen LogP contribution in [-0.2, 0) is 66.7 Å². The van der Waals surface area contributed by atoms with Gasteiger partial charge in [-0.2, -0.15) is 0 Å². The smallest absolute Gasteiger partial charge is 0.312 e. The lowest BCUT2D eigenvalue weighted by Gasteiger charge is -2.36. The van der Waals surface area contributed by atoms with Gasteiger partial charge in [0.2, 0.25) is 0 Å². The molecule has 0 radical (unpaired) electrons. The van der Waals surface area contributed by atoms with Gasteiger partial charge in [-0.25, -0.2) is 0 Å². The number of hydrogen-bond donors (Lipinski definition) is 0. The molecule has 0 amide bonds. The standard InChI is InChI=1S/2C13H24O2.C13H26O2.C12H22O2.2C12H24O2.C11H22O2/c1-5-12(2,3)11(14)15-13(4)9-7-6-8-10-13;1-5-12(3,4)11(14)15-13(6-2)9-7-8-10-13;1-7-12(5,6)11(14)15-13(8-2,9-3)10-4;1-5-11(2,3)10(13)14-12(4)8-6-7-9-12;1-7-9-12(5,6)14-10(13)11(3,4)8-2;1-7-11(4,5)10(13)14-12(6,8-2)9-3;1-7-10(3,4)9(12)13-11(5,6)8-2/h2*5-10H2,1-4H3;7-10H2,1-6H3;5-9H2,1-4H3;2*7-9H2,1-6H3;7-8H2,1-6H3. The fourth-order valence-corrected chi connectivity index (χ4v) is 9.80. The van der Waals surface area contributed by atoms with Crippen molar-refractivity contribution in [3.05, 3.63) is 0 Å². The van der Waals surface area contributed by atoms with Crippen LogP contribution in [0.1, 0.15) is 435 Å². The van der Waals surface area contributed by atoms with E-state index in [0.29, 0.717) is 0 Å². The Labute approximate surface area is 618 Å². The summed E-state index contributed by atoms with van der Waals surface area (Å²) in [7, 11) is 0. The molecular weight excluding hydrogens is 1260 g/mol. The fraction of sp³-hybridized carbons (Fsp3) is 0.919. The molecule has 0 aromatic carbocycles. The van der Waals surface area contributed by atoms with Gasteiger partial charge in [0.1, 0.15) is 39.2 Å². The van der Waals surface area contributed by atoms with E-state index >= 15 is 0 Å². The van der Waals surface area contributed by atoms with Gasteiger partial charge in [-0.15, -0.1) is 0 Å². The monoisotopic (exact) mass is 1420 g/mol. The van der Waals surface area contributed by atoms with E-state index in [1.54, 1.807) is 0 Å². The van der Waals surface area contributed by atoms with Crippen LogP contribution in [0.5, 0.6) is 0 Å². The summed E-state index contributed by atoms with van der Waals surface area (Å²) >= 11 is 0. The number of carbonyl (C=O) groups is 7. The largest absolute Gasteiger partial charge is 0.459 e. The highest BCUT2D eigenvalue weighted by Crippen LogP contribution is 2.40. The van der Waals surface area contributed by atoms with Crippen molar-refractivity contribution in [1.82, 2.24) is 0 Å².